The number of aromatic amines is 1. The number of carbonyl (C=O) groups is 1. The second kappa shape index (κ2) is 6.10. The topological polar surface area (TPSA) is 54.1 Å². The van der Waals surface area contributed by atoms with Gasteiger partial charge in [0.1, 0.15) is 11.5 Å². The fourth-order valence-corrected chi connectivity index (χ4v) is 2.44. The molecule has 2 aromatic rings. The molecule has 2 heterocycles. The van der Waals surface area contributed by atoms with Gasteiger partial charge in [-0.2, -0.15) is 0 Å². The van der Waals surface area contributed by atoms with Crippen LogP contribution in [0.5, 0.6) is 0 Å². The average Bonchev–Trinajstić information content (AvgIpc) is 3.17. The third-order valence-corrected chi connectivity index (χ3v) is 3.62. The maximum atomic E-state index is 12.9. The molecule has 0 saturated carbocycles. The molecule has 1 aliphatic rings. The Morgan fingerprint density at radius 2 is 2.14 bits per heavy atom. The molecule has 0 bridgehead atoms. The molecular weight excluding hydrogens is 271 g/mol. The molecule has 2 N–H and O–H groups in total. The van der Waals surface area contributed by atoms with Crippen molar-refractivity contribution in [2.45, 2.75) is 18.9 Å². The Balaban J connectivity index is 1.63. The summed E-state index contributed by atoms with van der Waals surface area (Å²) in [6, 6.07) is 7.94. The van der Waals surface area contributed by atoms with E-state index in [1.54, 1.807) is 24.4 Å². The molecule has 0 unspecified atom stereocenters. The number of aromatic nitrogens is 1. The van der Waals surface area contributed by atoms with Gasteiger partial charge in [-0.25, -0.2) is 4.39 Å². The zero-order valence-electron chi connectivity index (χ0n) is 11.6. The first-order valence-electron chi connectivity index (χ1n) is 7.06. The van der Waals surface area contributed by atoms with Gasteiger partial charge in [-0.15, -0.1) is 0 Å². The molecule has 21 heavy (non-hydrogen) atoms. The first-order chi connectivity index (χ1) is 10.2. The summed E-state index contributed by atoms with van der Waals surface area (Å²) in [5, 5.41) is 2.86. The number of ether oxygens (including phenoxy) is 1. The SMILES string of the molecule is O=C(NC[C@@H]1CCCO1)c1cc(-c2ccc(F)cc2)c[nH]1. The summed E-state index contributed by atoms with van der Waals surface area (Å²) in [4.78, 5) is 15.0. The molecule has 0 radical (unpaired) electrons. The first-order valence-corrected chi connectivity index (χ1v) is 7.06. The summed E-state index contributed by atoms with van der Waals surface area (Å²) in [7, 11) is 0. The summed E-state index contributed by atoms with van der Waals surface area (Å²) in [5.74, 6) is -0.428. The van der Waals surface area contributed by atoms with Crippen molar-refractivity contribution >= 4 is 5.91 Å². The van der Waals surface area contributed by atoms with Crippen LogP contribution in [0, 0.1) is 5.82 Å². The van der Waals surface area contributed by atoms with Crippen molar-refractivity contribution in [1.29, 1.82) is 0 Å². The molecule has 3 rings (SSSR count). The van der Waals surface area contributed by atoms with Crippen LogP contribution in [0.1, 0.15) is 23.3 Å². The summed E-state index contributed by atoms with van der Waals surface area (Å²) in [5.41, 5.74) is 2.22. The predicted molar refractivity (Wildman–Crippen MR) is 77.5 cm³/mol. The summed E-state index contributed by atoms with van der Waals surface area (Å²) >= 11 is 0. The molecule has 110 valence electrons. The van der Waals surface area contributed by atoms with Crippen LogP contribution in [0.2, 0.25) is 0 Å². The van der Waals surface area contributed by atoms with Gasteiger partial charge in [-0.1, -0.05) is 12.1 Å². The average molecular weight is 288 g/mol. The van der Waals surface area contributed by atoms with Gasteiger partial charge < -0.3 is 15.0 Å². The van der Waals surface area contributed by atoms with Crippen LogP contribution in [0.25, 0.3) is 11.1 Å². The third-order valence-electron chi connectivity index (χ3n) is 3.62. The zero-order chi connectivity index (χ0) is 14.7. The molecule has 1 aliphatic heterocycles. The minimum Gasteiger partial charge on any atom is -0.376 e. The molecular formula is C16H17FN2O2. The number of carbonyl (C=O) groups excluding carboxylic acids is 1. The van der Waals surface area contributed by atoms with Gasteiger partial charge in [0.05, 0.1) is 6.10 Å². The lowest BCUT2D eigenvalue weighted by Gasteiger charge is -2.09. The maximum Gasteiger partial charge on any atom is 0.267 e. The van der Waals surface area contributed by atoms with Gasteiger partial charge in [-0.05, 0) is 42.2 Å². The highest BCUT2D eigenvalue weighted by Crippen LogP contribution is 2.20. The smallest absolute Gasteiger partial charge is 0.267 e. The molecule has 1 aromatic carbocycles. The Labute approximate surface area is 122 Å². The van der Waals surface area contributed by atoms with Gasteiger partial charge >= 0.3 is 0 Å². The lowest BCUT2D eigenvalue weighted by Crippen LogP contribution is -2.31. The van der Waals surface area contributed by atoms with E-state index in [-0.39, 0.29) is 17.8 Å². The Hall–Kier alpha value is -2.14. The van der Waals surface area contributed by atoms with E-state index in [0.29, 0.717) is 12.2 Å². The van der Waals surface area contributed by atoms with E-state index < -0.39 is 0 Å². The van der Waals surface area contributed by atoms with Crippen molar-refractivity contribution < 1.29 is 13.9 Å². The van der Waals surface area contributed by atoms with Crippen LogP contribution in [0.4, 0.5) is 4.39 Å². The number of H-pyrrole nitrogens is 1. The highest BCUT2D eigenvalue weighted by atomic mass is 19.1. The number of benzene rings is 1. The van der Waals surface area contributed by atoms with Crippen molar-refractivity contribution in [2.75, 3.05) is 13.2 Å². The van der Waals surface area contributed by atoms with Gasteiger partial charge in [0, 0.05) is 19.3 Å². The minimum absolute atomic E-state index is 0.125. The van der Waals surface area contributed by atoms with Crippen molar-refractivity contribution in [2.24, 2.45) is 0 Å². The molecule has 0 spiro atoms. The second-order valence-corrected chi connectivity index (χ2v) is 5.15. The molecule has 1 atom stereocenters. The van der Waals surface area contributed by atoms with Crippen LogP contribution in [0.3, 0.4) is 0 Å². The number of nitrogens with one attached hydrogen (secondary N) is 2. The van der Waals surface area contributed by atoms with E-state index in [9.17, 15) is 9.18 Å². The monoisotopic (exact) mass is 288 g/mol. The van der Waals surface area contributed by atoms with Gasteiger partial charge in [0.2, 0.25) is 0 Å². The van der Waals surface area contributed by atoms with Gasteiger partial charge in [0.15, 0.2) is 0 Å². The van der Waals surface area contributed by atoms with Crippen molar-refractivity contribution in [3.63, 3.8) is 0 Å². The molecule has 4 nitrogen and oxygen atoms in total. The van der Waals surface area contributed by atoms with E-state index in [1.165, 1.54) is 12.1 Å². The van der Waals surface area contributed by atoms with E-state index >= 15 is 0 Å². The Morgan fingerprint density at radius 1 is 1.33 bits per heavy atom. The van der Waals surface area contributed by atoms with Crippen LogP contribution >= 0.6 is 0 Å². The highest BCUT2D eigenvalue weighted by molar-refractivity contribution is 5.93. The zero-order valence-corrected chi connectivity index (χ0v) is 11.6. The van der Waals surface area contributed by atoms with Gasteiger partial charge in [0.25, 0.3) is 5.91 Å². The largest absolute Gasteiger partial charge is 0.376 e. The fourth-order valence-electron chi connectivity index (χ4n) is 2.44. The predicted octanol–water partition coefficient (Wildman–Crippen LogP) is 2.73. The quantitative estimate of drug-likeness (QED) is 0.909. The summed E-state index contributed by atoms with van der Waals surface area (Å²) in [6.45, 7) is 1.31. The van der Waals surface area contributed by atoms with Crippen molar-refractivity contribution in [1.82, 2.24) is 10.3 Å². The van der Waals surface area contributed by atoms with E-state index in [0.717, 1.165) is 30.6 Å². The third kappa shape index (κ3) is 3.31. The number of amides is 1. The number of halogens is 1. The number of hydrogen-bond acceptors (Lipinski definition) is 2. The molecule has 1 fully saturated rings. The van der Waals surface area contributed by atoms with E-state index in [1.807, 2.05) is 0 Å². The standard InChI is InChI=1S/C16H17FN2O2/c17-13-5-3-11(4-6-13)12-8-15(18-9-12)16(20)19-10-14-2-1-7-21-14/h3-6,8-9,14,18H,1-2,7,10H2,(H,19,20)/t14-/m0/s1. The number of rotatable bonds is 4. The summed E-state index contributed by atoms with van der Waals surface area (Å²) < 4.78 is 18.4. The van der Waals surface area contributed by atoms with Crippen LogP contribution in [0.15, 0.2) is 36.5 Å². The van der Waals surface area contributed by atoms with Crippen molar-refractivity contribution in [3.8, 4) is 11.1 Å². The first kappa shape index (κ1) is 13.8. The summed E-state index contributed by atoms with van der Waals surface area (Å²) in [6.07, 6.45) is 3.91. The van der Waals surface area contributed by atoms with E-state index in [2.05, 4.69) is 10.3 Å². The van der Waals surface area contributed by atoms with Crippen LogP contribution < -0.4 is 5.32 Å². The molecule has 1 saturated heterocycles. The molecule has 0 aliphatic carbocycles. The lowest BCUT2D eigenvalue weighted by molar-refractivity contribution is 0.0854. The van der Waals surface area contributed by atoms with Crippen molar-refractivity contribution in [3.05, 3.63) is 48.0 Å². The van der Waals surface area contributed by atoms with Crippen LogP contribution in [-0.2, 0) is 4.74 Å². The minimum atomic E-state index is -0.274. The van der Waals surface area contributed by atoms with E-state index in [4.69, 9.17) is 4.74 Å². The maximum absolute atomic E-state index is 12.9. The van der Waals surface area contributed by atoms with Crippen LogP contribution in [-0.4, -0.2) is 30.1 Å². The Morgan fingerprint density at radius 3 is 2.86 bits per heavy atom. The highest BCUT2D eigenvalue weighted by Gasteiger charge is 2.17. The molecule has 1 aromatic heterocycles. The molecule has 5 heteroatoms. The second-order valence-electron chi connectivity index (χ2n) is 5.15. The number of hydrogen-bond donors (Lipinski definition) is 2. The Kier molecular flexibility index (Phi) is 4.01. The fraction of sp³-hybridized carbons (Fsp3) is 0.312. The molecule has 1 amide bonds. The Bertz CT molecular complexity index is 615. The normalized spacial score (nSPS) is 17.9. The lowest BCUT2D eigenvalue weighted by atomic mass is 10.1. The van der Waals surface area contributed by atoms with Gasteiger partial charge in [-0.3, -0.25) is 4.79 Å².